The van der Waals surface area contributed by atoms with Gasteiger partial charge in [0.05, 0.1) is 12.6 Å². The molecule has 3 rings (SSSR count). The van der Waals surface area contributed by atoms with Gasteiger partial charge in [0.2, 0.25) is 0 Å². The van der Waals surface area contributed by atoms with Crippen molar-refractivity contribution in [2.45, 2.75) is 19.3 Å². The lowest BCUT2D eigenvalue weighted by molar-refractivity contribution is 0.0966. The van der Waals surface area contributed by atoms with Crippen molar-refractivity contribution >= 4 is 16.7 Å². The predicted octanol–water partition coefficient (Wildman–Crippen LogP) is 3.62. The van der Waals surface area contributed by atoms with E-state index >= 15 is 0 Å². The molecule has 1 aromatic heterocycles. The minimum Gasteiger partial charge on any atom is -0.497 e. The number of methoxy groups -OCH3 is 1. The minimum atomic E-state index is 0.161. The Balaban J connectivity index is 1.70. The third-order valence-corrected chi connectivity index (χ3v) is 4.93. The van der Waals surface area contributed by atoms with Crippen LogP contribution in [-0.2, 0) is 0 Å². The van der Waals surface area contributed by atoms with Crippen molar-refractivity contribution in [3.63, 3.8) is 0 Å². The Bertz CT molecular complexity index is 741. The molecule has 0 saturated carbocycles. The van der Waals surface area contributed by atoms with Crippen LogP contribution in [0.1, 0.15) is 29.6 Å². The summed E-state index contributed by atoms with van der Waals surface area (Å²) in [5, 5.41) is 4.32. The molecule has 1 aliphatic rings. The molecule has 2 atom stereocenters. The van der Waals surface area contributed by atoms with E-state index in [1.807, 2.05) is 30.3 Å². The predicted molar refractivity (Wildman–Crippen MR) is 96.5 cm³/mol. The summed E-state index contributed by atoms with van der Waals surface area (Å²) in [6.45, 7) is 5.92. The van der Waals surface area contributed by atoms with E-state index in [1.54, 1.807) is 13.3 Å². The Morgan fingerprint density at radius 3 is 3.12 bits per heavy atom. The summed E-state index contributed by atoms with van der Waals surface area (Å²) in [5.41, 5.74) is 1.55. The van der Waals surface area contributed by atoms with Crippen molar-refractivity contribution < 1.29 is 9.53 Å². The number of hydrogen-bond acceptors (Lipinski definition) is 4. The Labute approximate surface area is 142 Å². The van der Waals surface area contributed by atoms with Crippen LogP contribution in [0.3, 0.4) is 0 Å². The zero-order valence-corrected chi connectivity index (χ0v) is 14.1. The SMILES string of the molecule is C=C[C@H]1CNCC[C@H]1CCC(=O)c1cnc2ccc(OC)cc2c1. The molecule has 24 heavy (non-hydrogen) atoms. The van der Waals surface area contributed by atoms with E-state index in [4.69, 9.17) is 4.74 Å². The number of ether oxygens (including phenoxy) is 1. The number of piperidine rings is 1. The van der Waals surface area contributed by atoms with Crippen molar-refractivity contribution in [1.29, 1.82) is 0 Å². The van der Waals surface area contributed by atoms with Crippen LogP contribution in [0, 0.1) is 11.8 Å². The number of rotatable bonds is 6. The highest BCUT2D eigenvalue weighted by Crippen LogP contribution is 2.26. The summed E-state index contributed by atoms with van der Waals surface area (Å²) in [7, 11) is 1.64. The van der Waals surface area contributed by atoms with Crippen molar-refractivity contribution in [1.82, 2.24) is 10.3 Å². The normalized spacial score (nSPS) is 20.7. The van der Waals surface area contributed by atoms with Crippen molar-refractivity contribution in [3.05, 3.63) is 48.7 Å². The molecule has 126 valence electrons. The van der Waals surface area contributed by atoms with E-state index in [0.717, 1.165) is 42.6 Å². The molecule has 0 amide bonds. The average Bonchev–Trinajstić information content (AvgIpc) is 2.65. The monoisotopic (exact) mass is 324 g/mol. The minimum absolute atomic E-state index is 0.161. The fourth-order valence-corrected chi connectivity index (χ4v) is 3.42. The summed E-state index contributed by atoms with van der Waals surface area (Å²) >= 11 is 0. The summed E-state index contributed by atoms with van der Waals surface area (Å²) in [4.78, 5) is 17.0. The molecular formula is C20H24N2O2. The number of hydrogen-bond donors (Lipinski definition) is 1. The number of nitrogens with zero attached hydrogens (tertiary/aromatic N) is 1. The highest BCUT2D eigenvalue weighted by molar-refractivity contribution is 5.98. The second-order valence-electron chi connectivity index (χ2n) is 6.40. The molecular weight excluding hydrogens is 300 g/mol. The number of benzene rings is 1. The summed E-state index contributed by atoms with van der Waals surface area (Å²) < 4.78 is 5.25. The van der Waals surface area contributed by atoms with E-state index < -0.39 is 0 Å². The third-order valence-electron chi connectivity index (χ3n) is 4.93. The molecule has 1 saturated heterocycles. The smallest absolute Gasteiger partial charge is 0.164 e. The number of carbonyl (C=O) groups excluding carboxylic acids is 1. The van der Waals surface area contributed by atoms with Gasteiger partial charge in [0.15, 0.2) is 5.78 Å². The van der Waals surface area contributed by atoms with Crippen LogP contribution in [0.2, 0.25) is 0 Å². The van der Waals surface area contributed by atoms with Gasteiger partial charge >= 0.3 is 0 Å². The van der Waals surface area contributed by atoms with Gasteiger partial charge in [-0.2, -0.15) is 0 Å². The van der Waals surface area contributed by atoms with Crippen LogP contribution in [-0.4, -0.2) is 31.0 Å². The van der Waals surface area contributed by atoms with Gasteiger partial charge in [0.25, 0.3) is 0 Å². The maximum Gasteiger partial charge on any atom is 0.164 e. The van der Waals surface area contributed by atoms with E-state index in [9.17, 15) is 4.79 Å². The molecule has 2 aromatic rings. The van der Waals surface area contributed by atoms with Crippen LogP contribution < -0.4 is 10.1 Å². The lowest BCUT2D eigenvalue weighted by Crippen LogP contribution is -2.35. The van der Waals surface area contributed by atoms with Gasteiger partial charge in [-0.1, -0.05) is 6.08 Å². The summed E-state index contributed by atoms with van der Waals surface area (Å²) in [5.74, 6) is 1.94. The van der Waals surface area contributed by atoms with Gasteiger partial charge < -0.3 is 10.1 Å². The number of carbonyl (C=O) groups is 1. The third kappa shape index (κ3) is 3.65. The molecule has 0 radical (unpaired) electrons. The van der Waals surface area contributed by atoms with Crippen LogP contribution >= 0.6 is 0 Å². The number of pyridine rings is 1. The summed E-state index contributed by atoms with van der Waals surface area (Å²) in [6, 6.07) is 7.62. The fraction of sp³-hybridized carbons (Fsp3) is 0.400. The van der Waals surface area contributed by atoms with Gasteiger partial charge in [0.1, 0.15) is 5.75 Å². The van der Waals surface area contributed by atoms with E-state index in [0.29, 0.717) is 23.8 Å². The zero-order chi connectivity index (χ0) is 16.9. The van der Waals surface area contributed by atoms with E-state index in [2.05, 4.69) is 16.9 Å². The molecule has 1 aromatic carbocycles. The molecule has 1 aliphatic heterocycles. The summed E-state index contributed by atoms with van der Waals surface area (Å²) in [6.07, 6.45) is 6.28. The molecule has 0 spiro atoms. The fourth-order valence-electron chi connectivity index (χ4n) is 3.42. The lowest BCUT2D eigenvalue weighted by Gasteiger charge is -2.29. The number of nitrogens with one attached hydrogen (secondary N) is 1. The molecule has 4 heteroatoms. The van der Waals surface area contributed by atoms with Gasteiger partial charge in [0, 0.05) is 30.1 Å². The van der Waals surface area contributed by atoms with Gasteiger partial charge in [-0.3, -0.25) is 9.78 Å². The van der Waals surface area contributed by atoms with Gasteiger partial charge in [-0.05, 0) is 55.5 Å². The van der Waals surface area contributed by atoms with Crippen molar-refractivity contribution in [3.8, 4) is 5.75 Å². The number of aromatic nitrogens is 1. The molecule has 0 aliphatic carbocycles. The lowest BCUT2D eigenvalue weighted by atomic mass is 9.82. The quantitative estimate of drug-likeness (QED) is 0.651. The van der Waals surface area contributed by atoms with Crippen molar-refractivity contribution in [2.24, 2.45) is 11.8 Å². The Kier molecular flexibility index (Phi) is 5.26. The van der Waals surface area contributed by atoms with Crippen LogP contribution in [0.5, 0.6) is 5.75 Å². The standard InChI is InChI=1S/C20H24N2O2/c1-3-14-12-21-9-8-15(14)4-7-20(23)17-10-16-11-18(24-2)5-6-19(16)22-13-17/h3,5-6,10-11,13-15,21H,1,4,7-9,12H2,2H3/t14-,15+/m0/s1. The second-order valence-corrected chi connectivity index (χ2v) is 6.40. The van der Waals surface area contributed by atoms with Crippen molar-refractivity contribution in [2.75, 3.05) is 20.2 Å². The molecule has 1 fully saturated rings. The van der Waals surface area contributed by atoms with Gasteiger partial charge in [-0.25, -0.2) is 0 Å². The molecule has 2 heterocycles. The molecule has 0 bridgehead atoms. The first-order chi connectivity index (χ1) is 11.7. The van der Waals surface area contributed by atoms with E-state index in [-0.39, 0.29) is 5.78 Å². The Hall–Kier alpha value is -2.20. The first-order valence-electron chi connectivity index (χ1n) is 8.51. The maximum atomic E-state index is 12.6. The number of fused-ring (bicyclic) bond motifs is 1. The highest BCUT2D eigenvalue weighted by atomic mass is 16.5. The van der Waals surface area contributed by atoms with Crippen LogP contribution in [0.4, 0.5) is 0 Å². The molecule has 4 nitrogen and oxygen atoms in total. The van der Waals surface area contributed by atoms with Gasteiger partial charge in [-0.15, -0.1) is 6.58 Å². The van der Waals surface area contributed by atoms with E-state index in [1.165, 1.54) is 0 Å². The first-order valence-corrected chi connectivity index (χ1v) is 8.51. The van der Waals surface area contributed by atoms with Crippen LogP contribution in [0.25, 0.3) is 10.9 Å². The number of Topliss-reactive ketones (excluding diaryl/α,β-unsaturated/α-hetero) is 1. The zero-order valence-electron chi connectivity index (χ0n) is 14.1. The average molecular weight is 324 g/mol. The van der Waals surface area contributed by atoms with Crippen LogP contribution in [0.15, 0.2) is 43.1 Å². The number of ketones is 1. The largest absolute Gasteiger partial charge is 0.497 e. The maximum absolute atomic E-state index is 12.6. The topological polar surface area (TPSA) is 51.2 Å². The molecule has 0 unspecified atom stereocenters. The second kappa shape index (κ2) is 7.58. The Morgan fingerprint density at radius 1 is 1.46 bits per heavy atom. The Morgan fingerprint density at radius 2 is 2.33 bits per heavy atom. The first kappa shape index (κ1) is 16.7. The molecule has 1 N–H and O–H groups in total. The highest BCUT2D eigenvalue weighted by Gasteiger charge is 2.23.